The lowest BCUT2D eigenvalue weighted by Crippen LogP contribution is -2.50. The zero-order valence-electron chi connectivity index (χ0n) is 14.5. The van der Waals surface area contributed by atoms with Crippen molar-refractivity contribution < 1.29 is 19.5 Å². The van der Waals surface area contributed by atoms with Gasteiger partial charge in [0.05, 0.1) is 6.42 Å². The summed E-state index contributed by atoms with van der Waals surface area (Å²) in [5.41, 5.74) is 2.23. The lowest BCUT2D eigenvalue weighted by Gasteiger charge is -2.32. The molecule has 0 radical (unpaired) electrons. The molecule has 28 heavy (non-hydrogen) atoms. The van der Waals surface area contributed by atoms with Gasteiger partial charge in [-0.3, -0.25) is 14.4 Å². The van der Waals surface area contributed by atoms with Gasteiger partial charge in [-0.1, -0.05) is 29.8 Å². The van der Waals surface area contributed by atoms with Crippen molar-refractivity contribution in [2.24, 2.45) is 0 Å². The number of nitrogens with one attached hydrogen (secondary N) is 3. The van der Waals surface area contributed by atoms with Crippen LogP contribution < -0.4 is 10.6 Å². The summed E-state index contributed by atoms with van der Waals surface area (Å²) in [4.78, 5) is 39.7. The first-order valence-electron chi connectivity index (χ1n) is 8.63. The Morgan fingerprint density at radius 3 is 2.71 bits per heavy atom. The zero-order valence-corrected chi connectivity index (χ0v) is 15.3. The van der Waals surface area contributed by atoms with Crippen molar-refractivity contribution in [3.05, 3.63) is 64.8 Å². The number of amides is 2. The van der Waals surface area contributed by atoms with Gasteiger partial charge in [-0.05, 0) is 35.9 Å². The molecule has 1 aliphatic heterocycles. The van der Waals surface area contributed by atoms with Crippen molar-refractivity contribution in [3.8, 4) is 0 Å². The Bertz CT molecular complexity index is 1110. The molecule has 2 heterocycles. The summed E-state index contributed by atoms with van der Waals surface area (Å²) in [6, 6.07) is 12.8. The predicted molar refractivity (Wildman–Crippen MR) is 105 cm³/mol. The molecule has 0 fully saturated rings. The Morgan fingerprint density at radius 1 is 1.14 bits per heavy atom. The number of carboxylic acids is 1. The third kappa shape index (κ3) is 3.32. The van der Waals surface area contributed by atoms with Crippen LogP contribution in [-0.4, -0.2) is 33.9 Å². The number of fused-ring (bicyclic) bond motifs is 2. The van der Waals surface area contributed by atoms with Crippen molar-refractivity contribution in [2.45, 2.75) is 18.4 Å². The smallest absolute Gasteiger partial charge is 0.304 e. The number of aliphatic carboxylic acids is 1. The van der Waals surface area contributed by atoms with E-state index < -0.39 is 29.7 Å². The summed E-state index contributed by atoms with van der Waals surface area (Å²) in [7, 11) is 0. The number of para-hydroxylation sites is 1. The molecule has 0 aliphatic carbocycles. The summed E-state index contributed by atoms with van der Waals surface area (Å²) < 4.78 is 0. The summed E-state index contributed by atoms with van der Waals surface area (Å²) >= 11 is 5.97. The lowest BCUT2D eigenvalue weighted by molar-refractivity contribution is -0.137. The minimum atomic E-state index is -1.05. The first-order chi connectivity index (χ1) is 13.4. The fourth-order valence-corrected chi connectivity index (χ4v) is 3.71. The van der Waals surface area contributed by atoms with Gasteiger partial charge in [-0.25, -0.2) is 0 Å². The van der Waals surface area contributed by atoms with Crippen molar-refractivity contribution in [1.82, 2.24) is 10.3 Å². The van der Waals surface area contributed by atoms with E-state index in [-0.39, 0.29) is 12.1 Å². The van der Waals surface area contributed by atoms with E-state index in [0.29, 0.717) is 16.3 Å². The maximum atomic E-state index is 12.8. The molecule has 3 aromatic rings. The highest BCUT2D eigenvalue weighted by Gasteiger charge is 2.38. The molecule has 4 N–H and O–H groups in total. The third-order valence-corrected chi connectivity index (χ3v) is 5.05. The van der Waals surface area contributed by atoms with Crippen LogP contribution in [0.3, 0.4) is 0 Å². The third-order valence-electron chi connectivity index (χ3n) is 4.81. The molecule has 1 aromatic heterocycles. The van der Waals surface area contributed by atoms with Crippen LogP contribution in [0.15, 0.2) is 48.5 Å². The maximum absolute atomic E-state index is 12.8. The van der Waals surface area contributed by atoms with Crippen LogP contribution in [0.25, 0.3) is 10.9 Å². The van der Waals surface area contributed by atoms with E-state index in [1.807, 2.05) is 0 Å². The summed E-state index contributed by atoms with van der Waals surface area (Å²) in [5.74, 6) is -2.67. The quantitative estimate of drug-likeness (QED) is 0.542. The van der Waals surface area contributed by atoms with Gasteiger partial charge in [0.15, 0.2) is 0 Å². The number of benzene rings is 2. The van der Waals surface area contributed by atoms with Crippen LogP contribution in [-0.2, 0) is 9.59 Å². The summed E-state index contributed by atoms with van der Waals surface area (Å²) in [6.07, 6.45) is -0.280. The number of H-pyrrole nitrogens is 1. The number of rotatable bonds is 4. The number of aromatic amines is 1. The molecule has 142 valence electrons. The molecule has 2 amide bonds. The molecule has 2 aromatic carbocycles. The van der Waals surface area contributed by atoms with Gasteiger partial charge in [-0.2, -0.15) is 0 Å². The number of carbonyl (C=O) groups excluding carboxylic acids is 2. The Hall–Kier alpha value is -3.32. The van der Waals surface area contributed by atoms with Crippen LogP contribution in [0.4, 0.5) is 5.69 Å². The van der Waals surface area contributed by atoms with Crippen LogP contribution in [0.5, 0.6) is 0 Å². The van der Waals surface area contributed by atoms with Crippen LogP contribution >= 0.6 is 11.6 Å². The van der Waals surface area contributed by atoms with Crippen molar-refractivity contribution in [1.29, 1.82) is 0 Å². The van der Waals surface area contributed by atoms with Gasteiger partial charge in [0, 0.05) is 27.5 Å². The first kappa shape index (κ1) is 18.1. The molecule has 0 spiro atoms. The van der Waals surface area contributed by atoms with Crippen LogP contribution in [0, 0.1) is 0 Å². The number of carboxylic acid groups (broad SMARTS) is 1. The monoisotopic (exact) mass is 397 g/mol. The van der Waals surface area contributed by atoms with E-state index in [9.17, 15) is 19.5 Å². The van der Waals surface area contributed by atoms with Crippen molar-refractivity contribution in [3.63, 3.8) is 0 Å². The molecule has 1 aliphatic rings. The maximum Gasteiger partial charge on any atom is 0.304 e. The minimum absolute atomic E-state index is 0.262. The zero-order chi connectivity index (χ0) is 19.8. The number of halogens is 1. The van der Waals surface area contributed by atoms with E-state index in [4.69, 9.17) is 11.6 Å². The molecule has 0 saturated carbocycles. The van der Waals surface area contributed by atoms with Gasteiger partial charge >= 0.3 is 5.97 Å². The molecule has 7 nitrogen and oxygen atoms in total. The van der Waals surface area contributed by atoms with E-state index in [0.717, 1.165) is 10.9 Å². The van der Waals surface area contributed by atoms with Gasteiger partial charge in [0.2, 0.25) is 5.91 Å². The lowest BCUT2D eigenvalue weighted by atomic mass is 9.84. The highest BCUT2D eigenvalue weighted by molar-refractivity contribution is 6.31. The Morgan fingerprint density at radius 2 is 1.93 bits per heavy atom. The number of anilines is 1. The van der Waals surface area contributed by atoms with E-state index in [1.54, 1.807) is 48.5 Å². The molecular formula is C20H16ClN3O4. The van der Waals surface area contributed by atoms with Crippen LogP contribution in [0.2, 0.25) is 5.02 Å². The van der Waals surface area contributed by atoms with Crippen LogP contribution in [0.1, 0.15) is 28.4 Å². The second-order valence-corrected chi connectivity index (χ2v) is 7.08. The predicted octanol–water partition coefficient (Wildman–Crippen LogP) is 3.13. The highest BCUT2D eigenvalue weighted by Crippen LogP contribution is 2.34. The molecule has 0 saturated heterocycles. The Kier molecular flexibility index (Phi) is 4.52. The van der Waals surface area contributed by atoms with Crippen molar-refractivity contribution in [2.75, 3.05) is 5.32 Å². The first-order valence-corrected chi connectivity index (χ1v) is 9.01. The summed E-state index contributed by atoms with van der Waals surface area (Å²) in [6.45, 7) is 0. The number of carbonyl (C=O) groups is 3. The largest absolute Gasteiger partial charge is 0.481 e. The van der Waals surface area contributed by atoms with Gasteiger partial charge in [0.1, 0.15) is 11.7 Å². The van der Waals surface area contributed by atoms with E-state index >= 15 is 0 Å². The van der Waals surface area contributed by atoms with Gasteiger partial charge in [-0.15, -0.1) is 0 Å². The minimum Gasteiger partial charge on any atom is -0.481 e. The van der Waals surface area contributed by atoms with E-state index in [2.05, 4.69) is 15.6 Å². The van der Waals surface area contributed by atoms with Gasteiger partial charge < -0.3 is 20.7 Å². The molecule has 8 heteroatoms. The number of hydrogen-bond acceptors (Lipinski definition) is 3. The Balaban J connectivity index is 1.65. The average Bonchev–Trinajstić information content (AvgIpc) is 3.07. The highest BCUT2D eigenvalue weighted by atomic mass is 35.5. The second kappa shape index (κ2) is 7.01. The molecule has 2 unspecified atom stereocenters. The Labute approximate surface area is 164 Å². The molecular weight excluding hydrogens is 382 g/mol. The molecule has 4 rings (SSSR count). The molecule has 2 atom stereocenters. The number of hydrogen-bond donors (Lipinski definition) is 4. The van der Waals surface area contributed by atoms with E-state index in [1.165, 1.54) is 0 Å². The second-order valence-electron chi connectivity index (χ2n) is 6.65. The SMILES string of the molecule is O=C(O)CC1c2ccccc2NC(=O)C1NC(=O)c1cc2cc(Cl)ccc2[nH]1. The molecule has 0 bridgehead atoms. The number of aromatic nitrogens is 1. The fraction of sp³-hybridized carbons (Fsp3) is 0.150. The average molecular weight is 398 g/mol. The van der Waals surface area contributed by atoms with Gasteiger partial charge in [0.25, 0.3) is 5.91 Å². The normalized spacial score (nSPS) is 18.4. The standard InChI is InChI=1S/C20H16ClN3O4/c21-11-5-6-14-10(7-11)8-16(22-14)19(27)24-18-13(9-17(25)26)12-3-1-2-4-15(12)23-20(18)28/h1-8,13,18,22H,9H2,(H,23,28)(H,24,27)(H,25,26). The topological polar surface area (TPSA) is 111 Å². The summed E-state index contributed by atoms with van der Waals surface area (Å²) in [5, 5.41) is 16.0. The fourth-order valence-electron chi connectivity index (χ4n) is 3.53. The van der Waals surface area contributed by atoms with Crippen molar-refractivity contribution >= 4 is 46.0 Å².